The Balaban J connectivity index is 1.42. The lowest BCUT2D eigenvalue weighted by atomic mass is 10.1. The van der Waals surface area contributed by atoms with Crippen LogP contribution in [0.3, 0.4) is 0 Å². The summed E-state index contributed by atoms with van der Waals surface area (Å²) in [5, 5.41) is 6.08. The molecule has 0 N–H and O–H groups in total. The third-order valence-electron chi connectivity index (χ3n) is 4.10. The van der Waals surface area contributed by atoms with Crippen LogP contribution in [0.5, 0.6) is 0 Å². The maximum Gasteiger partial charge on any atom is 0.231 e. The molecule has 0 spiro atoms. The number of hydrogen-bond acceptors (Lipinski definition) is 5. The van der Waals surface area contributed by atoms with Crippen molar-refractivity contribution in [2.24, 2.45) is 0 Å². The fraction of sp³-hybridized carbons (Fsp3) is 0.294. The highest BCUT2D eigenvalue weighted by molar-refractivity contribution is 7.13. The Bertz CT molecular complexity index is 787. The molecule has 0 radical (unpaired) electrons. The zero-order valence-corrected chi connectivity index (χ0v) is 13.3. The average molecular weight is 329 g/mol. The first-order valence-electron chi connectivity index (χ1n) is 7.62. The van der Waals surface area contributed by atoms with E-state index in [0.717, 1.165) is 36.5 Å². The SMILES string of the molecule is Fc1cccc(CN2CC[C@H](c3nc(-c4cccs4)no3)C2)c1. The molecule has 0 saturated carbocycles. The highest BCUT2D eigenvalue weighted by atomic mass is 32.1. The van der Waals surface area contributed by atoms with Crippen LogP contribution in [-0.4, -0.2) is 28.1 Å². The number of hydrogen-bond donors (Lipinski definition) is 0. The molecule has 0 aliphatic carbocycles. The Morgan fingerprint density at radius 1 is 1.30 bits per heavy atom. The summed E-state index contributed by atoms with van der Waals surface area (Å²) in [5.41, 5.74) is 0.996. The summed E-state index contributed by atoms with van der Waals surface area (Å²) in [6, 6.07) is 10.7. The predicted molar refractivity (Wildman–Crippen MR) is 86.6 cm³/mol. The molecule has 4 nitrogen and oxygen atoms in total. The average Bonchev–Trinajstić information content (AvgIpc) is 3.28. The van der Waals surface area contributed by atoms with Crippen LogP contribution in [0.15, 0.2) is 46.3 Å². The quantitative estimate of drug-likeness (QED) is 0.727. The first-order valence-corrected chi connectivity index (χ1v) is 8.50. The van der Waals surface area contributed by atoms with Crippen molar-refractivity contribution in [3.8, 4) is 10.7 Å². The number of nitrogens with zero attached hydrogens (tertiary/aromatic N) is 3. The van der Waals surface area contributed by atoms with Gasteiger partial charge in [0.15, 0.2) is 0 Å². The lowest BCUT2D eigenvalue weighted by molar-refractivity contribution is 0.309. The van der Waals surface area contributed by atoms with Crippen molar-refractivity contribution in [3.05, 3.63) is 59.0 Å². The second kappa shape index (κ2) is 6.22. The number of halogens is 1. The van der Waals surface area contributed by atoms with E-state index >= 15 is 0 Å². The van der Waals surface area contributed by atoms with Gasteiger partial charge in [-0.05, 0) is 42.1 Å². The van der Waals surface area contributed by atoms with Crippen LogP contribution < -0.4 is 0 Å². The minimum atomic E-state index is -0.185. The van der Waals surface area contributed by atoms with E-state index < -0.39 is 0 Å². The van der Waals surface area contributed by atoms with Crippen molar-refractivity contribution in [3.63, 3.8) is 0 Å². The molecule has 3 aromatic rings. The van der Waals surface area contributed by atoms with Gasteiger partial charge in [0.2, 0.25) is 11.7 Å². The lowest BCUT2D eigenvalue weighted by Crippen LogP contribution is -2.19. The topological polar surface area (TPSA) is 42.2 Å². The number of benzene rings is 1. The van der Waals surface area contributed by atoms with Gasteiger partial charge in [0.05, 0.1) is 10.8 Å². The molecule has 1 aromatic carbocycles. The van der Waals surface area contributed by atoms with Gasteiger partial charge in [-0.2, -0.15) is 4.98 Å². The van der Waals surface area contributed by atoms with E-state index in [0.29, 0.717) is 11.7 Å². The van der Waals surface area contributed by atoms with Gasteiger partial charge in [0.1, 0.15) is 5.82 Å². The van der Waals surface area contributed by atoms with Gasteiger partial charge in [-0.25, -0.2) is 4.39 Å². The van der Waals surface area contributed by atoms with E-state index in [2.05, 4.69) is 15.0 Å². The van der Waals surface area contributed by atoms with Crippen molar-refractivity contribution < 1.29 is 8.91 Å². The molecule has 2 aromatic heterocycles. The Labute approximate surface area is 137 Å². The van der Waals surface area contributed by atoms with Crippen molar-refractivity contribution in [1.29, 1.82) is 0 Å². The normalized spacial score (nSPS) is 18.6. The van der Waals surface area contributed by atoms with Crippen LogP contribution >= 0.6 is 11.3 Å². The summed E-state index contributed by atoms with van der Waals surface area (Å²) in [4.78, 5) is 7.86. The number of aromatic nitrogens is 2. The smallest absolute Gasteiger partial charge is 0.231 e. The molecule has 4 rings (SSSR count). The van der Waals surface area contributed by atoms with E-state index in [9.17, 15) is 4.39 Å². The number of likely N-dealkylation sites (tertiary alicyclic amines) is 1. The van der Waals surface area contributed by atoms with E-state index in [4.69, 9.17) is 4.52 Å². The Morgan fingerprint density at radius 3 is 3.09 bits per heavy atom. The second-order valence-corrected chi connectivity index (χ2v) is 6.73. The van der Waals surface area contributed by atoms with Crippen molar-refractivity contribution in [2.75, 3.05) is 13.1 Å². The molecule has 3 heterocycles. The molecule has 6 heteroatoms. The summed E-state index contributed by atoms with van der Waals surface area (Å²) < 4.78 is 18.7. The molecule has 1 aliphatic rings. The molecule has 1 aliphatic heterocycles. The van der Waals surface area contributed by atoms with Crippen LogP contribution in [0.4, 0.5) is 4.39 Å². The maximum atomic E-state index is 13.3. The minimum absolute atomic E-state index is 0.185. The van der Waals surface area contributed by atoms with Gasteiger partial charge in [0.25, 0.3) is 0 Å². The van der Waals surface area contributed by atoms with Gasteiger partial charge in [-0.1, -0.05) is 23.4 Å². The van der Waals surface area contributed by atoms with Crippen LogP contribution in [0.1, 0.15) is 23.8 Å². The fourth-order valence-corrected chi connectivity index (χ4v) is 3.63. The largest absolute Gasteiger partial charge is 0.339 e. The second-order valence-electron chi connectivity index (χ2n) is 5.78. The van der Waals surface area contributed by atoms with Crippen molar-refractivity contribution in [2.45, 2.75) is 18.9 Å². The van der Waals surface area contributed by atoms with E-state index in [1.807, 2.05) is 23.6 Å². The molecule has 0 unspecified atom stereocenters. The lowest BCUT2D eigenvalue weighted by Gasteiger charge is -2.15. The highest BCUT2D eigenvalue weighted by Gasteiger charge is 2.28. The first kappa shape index (κ1) is 14.5. The zero-order chi connectivity index (χ0) is 15.6. The molecule has 1 fully saturated rings. The molecule has 1 saturated heterocycles. The highest BCUT2D eigenvalue weighted by Crippen LogP contribution is 2.29. The third-order valence-corrected chi connectivity index (χ3v) is 4.97. The molecule has 23 heavy (non-hydrogen) atoms. The first-order chi connectivity index (χ1) is 11.3. The van der Waals surface area contributed by atoms with Crippen LogP contribution in [0, 0.1) is 5.82 Å². The third kappa shape index (κ3) is 3.18. The van der Waals surface area contributed by atoms with Gasteiger partial charge >= 0.3 is 0 Å². The van der Waals surface area contributed by atoms with Crippen LogP contribution in [-0.2, 0) is 6.54 Å². The standard InChI is InChI=1S/C17H16FN3OS/c18-14-4-1-3-12(9-14)10-21-7-6-13(11-21)17-19-16(20-22-17)15-5-2-8-23-15/h1-5,8-9,13H,6-7,10-11H2/t13-/m0/s1. The minimum Gasteiger partial charge on any atom is -0.339 e. The van der Waals surface area contributed by atoms with Gasteiger partial charge in [-0.15, -0.1) is 11.3 Å². The number of thiophene rings is 1. The molecule has 118 valence electrons. The summed E-state index contributed by atoms with van der Waals surface area (Å²) in [6.45, 7) is 2.57. The molecular weight excluding hydrogens is 313 g/mol. The monoisotopic (exact) mass is 329 g/mol. The maximum absolute atomic E-state index is 13.3. The van der Waals surface area contributed by atoms with Crippen LogP contribution in [0.25, 0.3) is 10.7 Å². The van der Waals surface area contributed by atoms with E-state index in [1.54, 1.807) is 23.5 Å². The molecule has 0 amide bonds. The number of rotatable bonds is 4. The summed E-state index contributed by atoms with van der Waals surface area (Å²) in [6.07, 6.45) is 0.987. The Morgan fingerprint density at radius 2 is 2.26 bits per heavy atom. The Kier molecular flexibility index (Phi) is 3.93. The Hall–Kier alpha value is -2.05. The summed E-state index contributed by atoms with van der Waals surface area (Å²) in [5.74, 6) is 1.44. The van der Waals surface area contributed by atoms with Crippen molar-refractivity contribution in [1.82, 2.24) is 15.0 Å². The molecular formula is C17H16FN3OS. The molecule has 0 bridgehead atoms. The fourth-order valence-electron chi connectivity index (χ4n) is 2.98. The summed E-state index contributed by atoms with van der Waals surface area (Å²) in [7, 11) is 0. The van der Waals surface area contributed by atoms with Gasteiger partial charge in [-0.3, -0.25) is 4.90 Å². The summed E-state index contributed by atoms with van der Waals surface area (Å²) >= 11 is 1.60. The predicted octanol–water partition coefficient (Wildman–Crippen LogP) is 3.93. The van der Waals surface area contributed by atoms with Gasteiger partial charge in [0, 0.05) is 13.1 Å². The van der Waals surface area contributed by atoms with E-state index in [-0.39, 0.29) is 11.7 Å². The van der Waals surface area contributed by atoms with Crippen LogP contribution in [0.2, 0.25) is 0 Å². The van der Waals surface area contributed by atoms with E-state index in [1.165, 1.54) is 6.07 Å². The van der Waals surface area contributed by atoms with Gasteiger partial charge < -0.3 is 4.52 Å². The zero-order valence-electron chi connectivity index (χ0n) is 12.5. The molecule has 1 atom stereocenters. The van der Waals surface area contributed by atoms with Crippen molar-refractivity contribution >= 4 is 11.3 Å².